The van der Waals surface area contributed by atoms with Crippen LogP contribution in [0.3, 0.4) is 0 Å². The van der Waals surface area contributed by atoms with Crippen LogP contribution in [0, 0.1) is 0 Å². The second kappa shape index (κ2) is 9.56. The smallest absolute Gasteiger partial charge is 0.191 e. The monoisotopic (exact) mass is 211 g/mol. The molecule has 0 rings (SSSR count). The van der Waals surface area contributed by atoms with Crippen LogP contribution in [0.25, 0.3) is 0 Å². The van der Waals surface area contributed by atoms with Gasteiger partial charge in [-0.1, -0.05) is 19.1 Å². The van der Waals surface area contributed by atoms with Crippen LogP contribution in [-0.2, 0) is 0 Å². The van der Waals surface area contributed by atoms with Crippen molar-refractivity contribution in [1.29, 1.82) is 0 Å². The first-order valence-corrected chi connectivity index (χ1v) is 5.90. The Hall–Kier alpha value is -0.990. The molecule has 1 atom stereocenters. The van der Waals surface area contributed by atoms with E-state index >= 15 is 0 Å². The molecule has 0 aliphatic rings. The second-order valence-corrected chi connectivity index (χ2v) is 3.57. The van der Waals surface area contributed by atoms with E-state index in [1.165, 1.54) is 0 Å². The Morgan fingerprint density at radius 2 is 2.13 bits per heavy atom. The predicted molar refractivity (Wildman–Crippen MR) is 68.3 cm³/mol. The van der Waals surface area contributed by atoms with E-state index in [-0.39, 0.29) is 0 Å². The van der Waals surface area contributed by atoms with E-state index < -0.39 is 0 Å². The number of rotatable bonds is 6. The number of nitrogens with zero attached hydrogens (tertiary/aromatic N) is 1. The molecule has 0 aromatic heterocycles. The Labute approximate surface area is 94.1 Å². The fourth-order valence-electron chi connectivity index (χ4n) is 1.07. The van der Waals surface area contributed by atoms with Crippen LogP contribution in [0.2, 0.25) is 0 Å². The van der Waals surface area contributed by atoms with E-state index in [4.69, 9.17) is 0 Å². The van der Waals surface area contributed by atoms with Crippen LogP contribution in [-0.4, -0.2) is 25.1 Å². The number of allylic oxidation sites excluding steroid dienone is 1. The topological polar surface area (TPSA) is 36.4 Å². The van der Waals surface area contributed by atoms with Gasteiger partial charge in [-0.2, -0.15) is 0 Å². The van der Waals surface area contributed by atoms with Crippen molar-refractivity contribution in [3.8, 4) is 0 Å². The molecule has 0 saturated heterocycles. The van der Waals surface area contributed by atoms with Gasteiger partial charge < -0.3 is 10.6 Å². The largest absolute Gasteiger partial charge is 0.357 e. The maximum Gasteiger partial charge on any atom is 0.191 e. The summed E-state index contributed by atoms with van der Waals surface area (Å²) >= 11 is 0. The number of hydrogen-bond donors (Lipinski definition) is 2. The van der Waals surface area contributed by atoms with Crippen molar-refractivity contribution in [2.75, 3.05) is 13.1 Å². The zero-order valence-electron chi connectivity index (χ0n) is 10.5. The van der Waals surface area contributed by atoms with Gasteiger partial charge in [0, 0.05) is 19.1 Å². The highest BCUT2D eigenvalue weighted by atomic mass is 15.2. The van der Waals surface area contributed by atoms with Gasteiger partial charge in [-0.15, -0.1) is 0 Å². The molecule has 3 nitrogen and oxygen atoms in total. The minimum Gasteiger partial charge on any atom is -0.357 e. The van der Waals surface area contributed by atoms with E-state index in [9.17, 15) is 0 Å². The molecule has 0 aromatic rings. The number of nitrogens with one attached hydrogen (secondary N) is 2. The van der Waals surface area contributed by atoms with Gasteiger partial charge >= 0.3 is 0 Å². The second-order valence-electron chi connectivity index (χ2n) is 3.57. The van der Waals surface area contributed by atoms with Crippen molar-refractivity contribution in [3.63, 3.8) is 0 Å². The molecule has 0 aliphatic carbocycles. The van der Waals surface area contributed by atoms with Gasteiger partial charge in [0.25, 0.3) is 0 Å². The Kier molecular flexibility index (Phi) is 8.93. The third kappa shape index (κ3) is 8.03. The van der Waals surface area contributed by atoms with E-state index in [1.54, 1.807) is 0 Å². The van der Waals surface area contributed by atoms with Crippen molar-refractivity contribution in [1.82, 2.24) is 10.6 Å². The normalized spacial score (nSPS) is 14.3. The Balaban J connectivity index is 3.99. The number of guanidine groups is 1. The van der Waals surface area contributed by atoms with Crippen LogP contribution in [0.4, 0.5) is 0 Å². The average molecular weight is 211 g/mol. The van der Waals surface area contributed by atoms with Gasteiger partial charge in [-0.25, -0.2) is 0 Å². The Morgan fingerprint density at radius 1 is 1.40 bits per heavy atom. The SMILES string of the molecule is C/C=C/CCN=C(NCC)NC(C)CC. The molecule has 0 bridgehead atoms. The fraction of sp³-hybridized carbons (Fsp3) is 0.750. The number of aliphatic imine (C=N–C) groups is 1. The molecule has 0 aromatic carbocycles. The van der Waals surface area contributed by atoms with Gasteiger partial charge in [0.1, 0.15) is 0 Å². The Morgan fingerprint density at radius 3 is 2.67 bits per heavy atom. The highest BCUT2D eigenvalue weighted by molar-refractivity contribution is 5.79. The summed E-state index contributed by atoms with van der Waals surface area (Å²) in [5.41, 5.74) is 0. The summed E-state index contributed by atoms with van der Waals surface area (Å²) in [5, 5.41) is 6.60. The first kappa shape index (κ1) is 14.0. The highest BCUT2D eigenvalue weighted by Gasteiger charge is 2.00. The first-order chi connectivity index (χ1) is 7.24. The molecule has 1 unspecified atom stereocenters. The van der Waals surface area contributed by atoms with Crippen LogP contribution >= 0.6 is 0 Å². The lowest BCUT2D eigenvalue weighted by Gasteiger charge is -2.15. The molecule has 0 radical (unpaired) electrons. The van der Waals surface area contributed by atoms with Crippen LogP contribution < -0.4 is 10.6 Å². The molecule has 0 heterocycles. The summed E-state index contributed by atoms with van der Waals surface area (Å²) in [5.74, 6) is 0.927. The van der Waals surface area contributed by atoms with Crippen molar-refractivity contribution in [2.24, 2.45) is 4.99 Å². The minimum atomic E-state index is 0.476. The summed E-state index contributed by atoms with van der Waals surface area (Å²) in [6.45, 7) is 10.2. The summed E-state index contributed by atoms with van der Waals surface area (Å²) in [7, 11) is 0. The predicted octanol–water partition coefficient (Wildman–Crippen LogP) is 2.31. The van der Waals surface area contributed by atoms with E-state index in [2.05, 4.69) is 48.5 Å². The third-order valence-electron chi connectivity index (χ3n) is 2.14. The number of hydrogen-bond acceptors (Lipinski definition) is 1. The van der Waals surface area contributed by atoms with Gasteiger partial charge in [0.05, 0.1) is 0 Å². The van der Waals surface area contributed by atoms with Gasteiger partial charge in [0.15, 0.2) is 5.96 Å². The fourth-order valence-corrected chi connectivity index (χ4v) is 1.07. The van der Waals surface area contributed by atoms with Crippen molar-refractivity contribution < 1.29 is 0 Å². The van der Waals surface area contributed by atoms with E-state index in [0.29, 0.717) is 6.04 Å². The quantitative estimate of drug-likeness (QED) is 0.306. The summed E-state index contributed by atoms with van der Waals surface area (Å²) in [6.07, 6.45) is 6.31. The highest BCUT2D eigenvalue weighted by Crippen LogP contribution is 1.89. The molecule has 0 aliphatic heterocycles. The molecular weight excluding hydrogens is 186 g/mol. The molecule has 2 N–H and O–H groups in total. The lowest BCUT2D eigenvalue weighted by Crippen LogP contribution is -2.42. The van der Waals surface area contributed by atoms with Crippen molar-refractivity contribution >= 4 is 5.96 Å². The van der Waals surface area contributed by atoms with Crippen LogP contribution in [0.15, 0.2) is 17.1 Å². The molecule has 0 fully saturated rings. The zero-order valence-corrected chi connectivity index (χ0v) is 10.5. The summed E-state index contributed by atoms with van der Waals surface area (Å²) < 4.78 is 0. The lowest BCUT2D eigenvalue weighted by atomic mass is 10.3. The van der Waals surface area contributed by atoms with Crippen LogP contribution in [0.5, 0.6) is 0 Å². The lowest BCUT2D eigenvalue weighted by molar-refractivity contribution is 0.624. The molecule has 3 heteroatoms. The summed E-state index contributed by atoms with van der Waals surface area (Å²) in [4.78, 5) is 4.48. The maximum absolute atomic E-state index is 4.48. The van der Waals surface area contributed by atoms with Gasteiger partial charge in [-0.05, 0) is 33.6 Å². The standard InChI is InChI=1S/C12H25N3/c1-5-8-9-10-14-12(13-7-3)15-11(4)6-2/h5,8,11H,6-7,9-10H2,1-4H3,(H2,13,14,15)/b8-5+. The summed E-state index contributed by atoms with van der Waals surface area (Å²) in [6, 6.07) is 0.476. The van der Waals surface area contributed by atoms with Crippen molar-refractivity contribution in [3.05, 3.63) is 12.2 Å². The van der Waals surface area contributed by atoms with Crippen molar-refractivity contribution in [2.45, 2.75) is 46.6 Å². The van der Waals surface area contributed by atoms with Gasteiger partial charge in [0.2, 0.25) is 0 Å². The van der Waals surface area contributed by atoms with Gasteiger partial charge in [-0.3, -0.25) is 4.99 Å². The molecule has 0 spiro atoms. The molecule has 88 valence electrons. The molecular formula is C12H25N3. The average Bonchev–Trinajstić information content (AvgIpc) is 2.24. The zero-order chi connectivity index (χ0) is 11.5. The van der Waals surface area contributed by atoms with E-state index in [0.717, 1.165) is 31.9 Å². The first-order valence-electron chi connectivity index (χ1n) is 5.90. The molecule has 15 heavy (non-hydrogen) atoms. The van der Waals surface area contributed by atoms with Crippen LogP contribution in [0.1, 0.15) is 40.5 Å². The molecule has 0 saturated carbocycles. The molecule has 0 amide bonds. The van der Waals surface area contributed by atoms with E-state index in [1.807, 2.05) is 6.92 Å². The minimum absolute atomic E-state index is 0.476. The third-order valence-corrected chi connectivity index (χ3v) is 2.14. The maximum atomic E-state index is 4.48. The Bertz CT molecular complexity index is 197.